The van der Waals surface area contributed by atoms with E-state index in [4.69, 9.17) is 0 Å². The van der Waals surface area contributed by atoms with Crippen LogP contribution in [-0.4, -0.2) is 20.9 Å². The summed E-state index contributed by atoms with van der Waals surface area (Å²) < 4.78 is 0. The number of nitrogens with zero attached hydrogens (tertiary/aromatic N) is 3. The number of aromatic nitrogens is 3. The Kier molecular flexibility index (Phi) is 3.62. The fraction of sp³-hybridized carbons (Fsp3) is 0.200. The third-order valence-electron chi connectivity index (χ3n) is 2.99. The number of para-hydroxylation sites is 2. The molecule has 0 fully saturated rings. The molecular weight excluding hydrogens is 284 g/mol. The first kappa shape index (κ1) is 13.6. The van der Waals surface area contributed by atoms with Gasteiger partial charge in [-0.15, -0.1) is 11.3 Å². The number of amides is 1. The van der Waals surface area contributed by atoms with Crippen LogP contribution in [0.25, 0.3) is 11.0 Å². The Balaban J connectivity index is 1.82. The normalized spacial score (nSPS) is 11.0. The number of anilines is 1. The quantitative estimate of drug-likeness (QED) is 0.804. The molecule has 0 aliphatic rings. The molecule has 2 heterocycles. The van der Waals surface area contributed by atoms with Crippen molar-refractivity contribution < 1.29 is 4.79 Å². The average molecular weight is 298 g/mol. The fourth-order valence-corrected chi connectivity index (χ4v) is 2.65. The Hall–Kier alpha value is -2.34. The first-order chi connectivity index (χ1) is 10.1. The molecule has 0 aliphatic carbocycles. The Morgan fingerprint density at radius 2 is 1.90 bits per heavy atom. The van der Waals surface area contributed by atoms with Crippen LogP contribution in [0.2, 0.25) is 0 Å². The molecule has 0 saturated heterocycles. The smallest absolute Gasteiger partial charge is 0.277 e. The molecule has 21 heavy (non-hydrogen) atoms. The van der Waals surface area contributed by atoms with Crippen LogP contribution in [0.1, 0.15) is 35.1 Å². The van der Waals surface area contributed by atoms with E-state index in [-0.39, 0.29) is 11.6 Å². The van der Waals surface area contributed by atoms with Gasteiger partial charge in [-0.1, -0.05) is 26.0 Å². The Morgan fingerprint density at radius 1 is 1.14 bits per heavy atom. The number of nitrogens with one attached hydrogen (secondary N) is 1. The summed E-state index contributed by atoms with van der Waals surface area (Å²) >= 11 is 1.48. The zero-order valence-electron chi connectivity index (χ0n) is 11.7. The van der Waals surface area contributed by atoms with Gasteiger partial charge in [0.25, 0.3) is 5.91 Å². The Bertz CT molecular complexity index is 797. The van der Waals surface area contributed by atoms with Crippen LogP contribution in [0, 0.1) is 0 Å². The summed E-state index contributed by atoms with van der Waals surface area (Å²) in [4.78, 5) is 26.1. The van der Waals surface area contributed by atoms with Crippen molar-refractivity contribution in [2.75, 3.05) is 5.32 Å². The SMILES string of the molecule is CC(C)c1cnc(NC(=O)c2cnc3ccccc3n2)s1. The van der Waals surface area contributed by atoms with Gasteiger partial charge in [-0.3, -0.25) is 15.1 Å². The van der Waals surface area contributed by atoms with E-state index in [1.807, 2.05) is 24.3 Å². The van der Waals surface area contributed by atoms with E-state index in [9.17, 15) is 4.79 Å². The van der Waals surface area contributed by atoms with Crippen molar-refractivity contribution in [3.8, 4) is 0 Å². The van der Waals surface area contributed by atoms with Crippen molar-refractivity contribution in [3.63, 3.8) is 0 Å². The van der Waals surface area contributed by atoms with Gasteiger partial charge in [0.05, 0.1) is 17.2 Å². The molecule has 0 spiro atoms. The summed E-state index contributed by atoms with van der Waals surface area (Å²) in [5, 5.41) is 3.35. The van der Waals surface area contributed by atoms with E-state index in [2.05, 4.69) is 34.1 Å². The maximum Gasteiger partial charge on any atom is 0.277 e. The summed E-state index contributed by atoms with van der Waals surface area (Å²) in [6.07, 6.45) is 3.27. The minimum absolute atomic E-state index is 0.287. The molecule has 3 aromatic rings. The van der Waals surface area contributed by atoms with E-state index in [0.29, 0.717) is 16.6 Å². The largest absolute Gasteiger partial charge is 0.296 e. The number of hydrogen-bond acceptors (Lipinski definition) is 5. The molecule has 0 atom stereocenters. The first-order valence-corrected chi connectivity index (χ1v) is 7.44. The van der Waals surface area contributed by atoms with Gasteiger partial charge in [0, 0.05) is 11.1 Å². The number of rotatable bonds is 3. The maximum atomic E-state index is 12.2. The van der Waals surface area contributed by atoms with Crippen LogP contribution < -0.4 is 5.32 Å². The van der Waals surface area contributed by atoms with E-state index < -0.39 is 0 Å². The molecule has 1 amide bonds. The van der Waals surface area contributed by atoms with Gasteiger partial charge in [0.15, 0.2) is 5.13 Å². The van der Waals surface area contributed by atoms with Crippen LogP contribution in [-0.2, 0) is 0 Å². The monoisotopic (exact) mass is 298 g/mol. The lowest BCUT2D eigenvalue weighted by Crippen LogP contribution is -2.13. The standard InChI is InChI=1S/C15H14N4OS/c1-9(2)13-8-17-15(21-13)19-14(20)12-7-16-10-5-3-4-6-11(10)18-12/h3-9H,1-2H3,(H,17,19,20). The lowest BCUT2D eigenvalue weighted by molar-refractivity contribution is 0.102. The van der Waals surface area contributed by atoms with Crippen molar-refractivity contribution in [1.29, 1.82) is 0 Å². The topological polar surface area (TPSA) is 67.8 Å². The van der Waals surface area contributed by atoms with Gasteiger partial charge in [-0.25, -0.2) is 9.97 Å². The second-order valence-electron chi connectivity index (χ2n) is 4.92. The maximum absolute atomic E-state index is 12.2. The third-order valence-corrected chi connectivity index (χ3v) is 4.21. The van der Waals surface area contributed by atoms with Crippen LogP contribution in [0.5, 0.6) is 0 Å². The first-order valence-electron chi connectivity index (χ1n) is 6.62. The third kappa shape index (κ3) is 2.90. The molecule has 0 saturated carbocycles. The minimum Gasteiger partial charge on any atom is -0.296 e. The highest BCUT2D eigenvalue weighted by atomic mass is 32.1. The highest BCUT2D eigenvalue weighted by molar-refractivity contribution is 7.15. The molecule has 0 aliphatic heterocycles. The molecule has 106 valence electrons. The van der Waals surface area contributed by atoms with Gasteiger partial charge in [-0.2, -0.15) is 0 Å². The summed E-state index contributed by atoms with van der Waals surface area (Å²) in [5.74, 6) is 0.103. The number of thiazole rings is 1. The van der Waals surface area contributed by atoms with Crippen LogP contribution in [0.15, 0.2) is 36.7 Å². The number of carbonyl (C=O) groups is 1. The molecule has 0 unspecified atom stereocenters. The Morgan fingerprint density at radius 3 is 2.62 bits per heavy atom. The number of fused-ring (bicyclic) bond motifs is 1. The Labute approximate surface area is 126 Å². The average Bonchev–Trinajstić information content (AvgIpc) is 2.95. The second-order valence-corrected chi connectivity index (χ2v) is 5.98. The van der Waals surface area contributed by atoms with E-state index in [0.717, 1.165) is 10.4 Å². The van der Waals surface area contributed by atoms with Crippen LogP contribution in [0.4, 0.5) is 5.13 Å². The van der Waals surface area contributed by atoms with Gasteiger partial charge < -0.3 is 0 Å². The highest BCUT2D eigenvalue weighted by Crippen LogP contribution is 2.25. The summed E-state index contributed by atoms with van der Waals surface area (Å²) in [6, 6.07) is 7.45. The number of hydrogen-bond donors (Lipinski definition) is 1. The van der Waals surface area contributed by atoms with Gasteiger partial charge >= 0.3 is 0 Å². The van der Waals surface area contributed by atoms with Gasteiger partial charge in [-0.05, 0) is 18.1 Å². The number of carbonyl (C=O) groups excluding carboxylic acids is 1. The summed E-state index contributed by atoms with van der Waals surface area (Å²) in [5.41, 5.74) is 1.76. The lowest BCUT2D eigenvalue weighted by Gasteiger charge is -2.02. The zero-order chi connectivity index (χ0) is 14.8. The summed E-state index contributed by atoms with van der Waals surface area (Å²) in [7, 11) is 0. The molecule has 1 N–H and O–H groups in total. The van der Waals surface area contributed by atoms with E-state index >= 15 is 0 Å². The van der Waals surface area contributed by atoms with Crippen molar-refractivity contribution >= 4 is 33.4 Å². The molecule has 6 heteroatoms. The predicted octanol–water partition coefficient (Wildman–Crippen LogP) is 3.46. The molecule has 2 aromatic heterocycles. The van der Waals surface area contributed by atoms with Crippen molar-refractivity contribution in [2.24, 2.45) is 0 Å². The molecule has 5 nitrogen and oxygen atoms in total. The molecular formula is C15H14N4OS. The predicted molar refractivity (Wildman–Crippen MR) is 83.7 cm³/mol. The van der Waals surface area contributed by atoms with E-state index in [1.165, 1.54) is 17.5 Å². The lowest BCUT2D eigenvalue weighted by atomic mass is 10.2. The van der Waals surface area contributed by atoms with E-state index in [1.54, 1.807) is 6.20 Å². The van der Waals surface area contributed by atoms with Crippen molar-refractivity contribution in [3.05, 3.63) is 47.2 Å². The van der Waals surface area contributed by atoms with Crippen molar-refractivity contribution in [1.82, 2.24) is 15.0 Å². The second kappa shape index (κ2) is 5.57. The zero-order valence-corrected chi connectivity index (χ0v) is 12.5. The highest BCUT2D eigenvalue weighted by Gasteiger charge is 2.12. The number of benzene rings is 1. The van der Waals surface area contributed by atoms with Crippen LogP contribution >= 0.6 is 11.3 Å². The van der Waals surface area contributed by atoms with Gasteiger partial charge in [0.1, 0.15) is 5.69 Å². The van der Waals surface area contributed by atoms with Crippen molar-refractivity contribution in [2.45, 2.75) is 19.8 Å². The molecule has 1 aromatic carbocycles. The molecule has 3 rings (SSSR count). The fourth-order valence-electron chi connectivity index (χ4n) is 1.84. The van der Waals surface area contributed by atoms with Gasteiger partial charge in [0.2, 0.25) is 0 Å². The molecule has 0 radical (unpaired) electrons. The minimum atomic E-state index is -0.294. The molecule has 0 bridgehead atoms. The van der Waals surface area contributed by atoms with Crippen LogP contribution in [0.3, 0.4) is 0 Å². The summed E-state index contributed by atoms with van der Waals surface area (Å²) in [6.45, 7) is 4.18.